The summed E-state index contributed by atoms with van der Waals surface area (Å²) in [7, 11) is -3.69. The van der Waals surface area contributed by atoms with Crippen LogP contribution in [0.2, 0.25) is 0 Å². The number of carbonyl (C=O) groups excluding carboxylic acids is 1. The van der Waals surface area contributed by atoms with E-state index in [0.29, 0.717) is 0 Å². The number of esters is 1. The van der Waals surface area contributed by atoms with Crippen LogP contribution in [0.25, 0.3) is 6.08 Å². The highest BCUT2D eigenvalue weighted by molar-refractivity contribution is 7.60. The average molecular weight is 312 g/mol. The molecule has 0 N–H and O–H groups in total. The number of hydrogen-bond acceptors (Lipinski definition) is 5. The van der Waals surface area contributed by atoms with Crippen molar-refractivity contribution in [3.05, 3.63) is 41.2 Å². The van der Waals surface area contributed by atoms with Crippen molar-refractivity contribution >= 4 is 19.6 Å². The van der Waals surface area contributed by atoms with Gasteiger partial charge in [0.15, 0.2) is 0 Å². The van der Waals surface area contributed by atoms with Crippen molar-refractivity contribution in [2.75, 3.05) is 19.8 Å². The highest BCUT2D eigenvalue weighted by Gasteiger charge is 2.35. The van der Waals surface area contributed by atoms with Crippen LogP contribution in [-0.2, 0) is 23.1 Å². The van der Waals surface area contributed by atoms with E-state index in [1.165, 1.54) is 6.08 Å². The van der Waals surface area contributed by atoms with Crippen molar-refractivity contribution < 1.29 is 23.1 Å². The lowest BCUT2D eigenvalue weighted by molar-refractivity contribution is -0.137. The molecular formula is C15H21O5P. The standard InChI is InChI=1S/C15H21O5P/c1-4-18-15(16)14(12-13-10-8-7-9-11-13)21(17,19-5-2)20-6-3/h7-12H,4-6H2,1-3H3/b14-12-. The van der Waals surface area contributed by atoms with E-state index in [0.717, 1.165) is 5.56 Å². The number of ether oxygens (including phenoxy) is 1. The summed E-state index contributed by atoms with van der Waals surface area (Å²) in [5, 5.41) is -0.0840. The molecule has 0 radical (unpaired) electrons. The van der Waals surface area contributed by atoms with E-state index in [-0.39, 0.29) is 25.1 Å². The van der Waals surface area contributed by atoms with E-state index < -0.39 is 13.6 Å². The fourth-order valence-electron chi connectivity index (χ4n) is 1.68. The van der Waals surface area contributed by atoms with E-state index >= 15 is 0 Å². The van der Waals surface area contributed by atoms with Crippen molar-refractivity contribution in [1.82, 2.24) is 0 Å². The first-order valence-corrected chi connectivity index (χ1v) is 8.45. The number of rotatable bonds is 8. The molecule has 1 aromatic carbocycles. The fraction of sp³-hybridized carbons (Fsp3) is 0.400. The maximum atomic E-state index is 12.8. The Bertz CT molecular complexity index is 514. The Labute approximate surface area is 125 Å². The zero-order chi connectivity index (χ0) is 15.7. The minimum atomic E-state index is -3.69. The van der Waals surface area contributed by atoms with Crippen LogP contribution in [0, 0.1) is 0 Å². The van der Waals surface area contributed by atoms with Crippen LogP contribution in [0.3, 0.4) is 0 Å². The highest BCUT2D eigenvalue weighted by atomic mass is 31.2. The quantitative estimate of drug-likeness (QED) is 0.414. The molecule has 0 unspecified atom stereocenters. The molecule has 0 spiro atoms. The Morgan fingerprint density at radius 1 is 1.05 bits per heavy atom. The van der Waals surface area contributed by atoms with E-state index in [2.05, 4.69) is 0 Å². The molecule has 0 atom stereocenters. The lowest BCUT2D eigenvalue weighted by Crippen LogP contribution is -2.11. The van der Waals surface area contributed by atoms with Crippen molar-refractivity contribution in [3.63, 3.8) is 0 Å². The molecule has 21 heavy (non-hydrogen) atoms. The second kappa shape index (κ2) is 8.78. The lowest BCUT2D eigenvalue weighted by atomic mass is 10.2. The molecule has 0 aliphatic carbocycles. The summed E-state index contributed by atoms with van der Waals surface area (Å²) in [4.78, 5) is 12.1. The van der Waals surface area contributed by atoms with Crippen LogP contribution in [0.15, 0.2) is 35.6 Å². The first-order chi connectivity index (χ1) is 10.1. The second-order valence-electron chi connectivity index (χ2n) is 3.99. The lowest BCUT2D eigenvalue weighted by Gasteiger charge is -2.19. The number of benzene rings is 1. The van der Waals surface area contributed by atoms with Gasteiger partial charge < -0.3 is 13.8 Å². The van der Waals surface area contributed by atoms with Crippen LogP contribution >= 0.6 is 7.60 Å². The van der Waals surface area contributed by atoms with Crippen molar-refractivity contribution in [2.24, 2.45) is 0 Å². The van der Waals surface area contributed by atoms with Gasteiger partial charge in [-0.15, -0.1) is 0 Å². The topological polar surface area (TPSA) is 61.8 Å². The van der Waals surface area contributed by atoms with Gasteiger partial charge in [0, 0.05) is 0 Å². The maximum Gasteiger partial charge on any atom is 0.368 e. The van der Waals surface area contributed by atoms with Crippen LogP contribution in [0.1, 0.15) is 26.3 Å². The van der Waals surface area contributed by atoms with Gasteiger partial charge in [0.25, 0.3) is 0 Å². The van der Waals surface area contributed by atoms with Gasteiger partial charge in [-0.05, 0) is 32.4 Å². The Kier molecular flexibility index (Phi) is 7.37. The van der Waals surface area contributed by atoms with Crippen LogP contribution in [0.5, 0.6) is 0 Å². The minimum absolute atomic E-state index is 0.0840. The normalized spacial score (nSPS) is 12.2. The summed E-state index contributed by atoms with van der Waals surface area (Å²) in [6.45, 7) is 5.59. The molecule has 116 valence electrons. The fourth-order valence-corrected chi connectivity index (χ4v) is 3.31. The molecule has 0 fully saturated rings. The molecule has 0 heterocycles. The van der Waals surface area contributed by atoms with Gasteiger partial charge in [0.2, 0.25) is 0 Å². The van der Waals surface area contributed by atoms with Gasteiger partial charge >= 0.3 is 13.6 Å². The monoisotopic (exact) mass is 312 g/mol. The minimum Gasteiger partial charge on any atom is -0.462 e. The summed E-state index contributed by atoms with van der Waals surface area (Å²) in [5.41, 5.74) is 0.722. The van der Waals surface area contributed by atoms with Gasteiger partial charge in [0.1, 0.15) is 5.31 Å². The molecule has 0 aliphatic rings. The third kappa shape index (κ3) is 5.12. The Balaban J connectivity index is 3.26. The molecule has 6 heteroatoms. The predicted molar refractivity (Wildman–Crippen MR) is 81.9 cm³/mol. The van der Waals surface area contributed by atoms with Crippen molar-refractivity contribution in [2.45, 2.75) is 20.8 Å². The highest BCUT2D eigenvalue weighted by Crippen LogP contribution is 2.56. The van der Waals surface area contributed by atoms with Crippen molar-refractivity contribution in [1.29, 1.82) is 0 Å². The number of hydrogen-bond donors (Lipinski definition) is 0. The molecular weight excluding hydrogens is 291 g/mol. The number of carbonyl (C=O) groups is 1. The largest absolute Gasteiger partial charge is 0.462 e. The Hall–Kier alpha value is -1.42. The van der Waals surface area contributed by atoms with E-state index in [1.54, 1.807) is 32.9 Å². The molecule has 0 saturated carbocycles. The molecule has 0 bridgehead atoms. The molecule has 0 saturated heterocycles. The summed E-state index contributed by atoms with van der Waals surface area (Å²) < 4.78 is 28.3. The predicted octanol–water partition coefficient (Wildman–Crippen LogP) is 3.86. The van der Waals surface area contributed by atoms with Gasteiger partial charge in [0.05, 0.1) is 19.8 Å². The summed E-state index contributed by atoms with van der Waals surface area (Å²) >= 11 is 0. The second-order valence-corrected chi connectivity index (χ2v) is 5.99. The average Bonchev–Trinajstić information content (AvgIpc) is 2.46. The molecule has 1 aromatic rings. The van der Waals surface area contributed by atoms with E-state index in [9.17, 15) is 9.36 Å². The Morgan fingerprint density at radius 2 is 1.62 bits per heavy atom. The molecule has 5 nitrogen and oxygen atoms in total. The first-order valence-electron chi connectivity index (χ1n) is 6.90. The van der Waals surface area contributed by atoms with Crippen LogP contribution in [0.4, 0.5) is 0 Å². The summed E-state index contributed by atoms with van der Waals surface area (Å²) in [5.74, 6) is -0.688. The maximum absolute atomic E-state index is 12.8. The molecule has 0 aromatic heterocycles. The summed E-state index contributed by atoms with van der Waals surface area (Å²) in [6.07, 6.45) is 1.49. The van der Waals surface area contributed by atoms with Crippen molar-refractivity contribution in [3.8, 4) is 0 Å². The van der Waals surface area contributed by atoms with Gasteiger partial charge in [-0.3, -0.25) is 4.57 Å². The zero-order valence-electron chi connectivity index (χ0n) is 12.6. The smallest absolute Gasteiger partial charge is 0.368 e. The van der Waals surface area contributed by atoms with Crippen LogP contribution < -0.4 is 0 Å². The molecule has 0 aliphatic heterocycles. The molecule has 0 amide bonds. The SMILES string of the molecule is CCOC(=O)/C(=C/c1ccccc1)P(=O)(OCC)OCC. The van der Waals surface area contributed by atoms with Crippen LogP contribution in [-0.4, -0.2) is 25.8 Å². The summed E-state index contributed by atoms with van der Waals surface area (Å²) in [6, 6.07) is 9.08. The van der Waals surface area contributed by atoms with E-state index in [1.807, 2.05) is 18.2 Å². The van der Waals surface area contributed by atoms with E-state index in [4.69, 9.17) is 13.8 Å². The zero-order valence-corrected chi connectivity index (χ0v) is 13.5. The first kappa shape index (κ1) is 17.6. The van der Waals surface area contributed by atoms with Gasteiger partial charge in [-0.2, -0.15) is 0 Å². The third-order valence-corrected chi connectivity index (χ3v) is 4.58. The Morgan fingerprint density at radius 3 is 2.10 bits per heavy atom. The van der Waals surface area contributed by atoms with Gasteiger partial charge in [-0.25, -0.2) is 4.79 Å². The van der Waals surface area contributed by atoms with Gasteiger partial charge in [-0.1, -0.05) is 30.3 Å². The third-order valence-electron chi connectivity index (χ3n) is 2.48. The molecule has 1 rings (SSSR count).